The van der Waals surface area contributed by atoms with Crippen molar-refractivity contribution in [2.75, 3.05) is 6.61 Å². The van der Waals surface area contributed by atoms with E-state index in [0.29, 0.717) is 6.54 Å². The van der Waals surface area contributed by atoms with E-state index in [-0.39, 0.29) is 12.6 Å². The third-order valence-electron chi connectivity index (χ3n) is 3.91. The number of aliphatic hydroxyl groups is 1. The highest BCUT2D eigenvalue weighted by atomic mass is 16.3. The fourth-order valence-electron chi connectivity index (χ4n) is 2.61. The molecule has 1 atom stereocenters. The monoisotopic (exact) mass is 327 g/mol. The Morgan fingerprint density at radius 1 is 1.25 bits per heavy atom. The number of aromatic nitrogens is 1. The Balaban J connectivity index is 1.96. The van der Waals surface area contributed by atoms with Gasteiger partial charge < -0.3 is 15.7 Å². The maximum Gasteiger partial charge on any atom is 0.315 e. The van der Waals surface area contributed by atoms with Crippen LogP contribution in [0.4, 0.5) is 4.79 Å². The Kier molecular flexibility index (Phi) is 6.32. The summed E-state index contributed by atoms with van der Waals surface area (Å²) in [5.74, 6) is 0. The molecule has 0 aliphatic heterocycles. The first-order valence-electron chi connectivity index (χ1n) is 8.23. The van der Waals surface area contributed by atoms with Crippen molar-refractivity contribution < 1.29 is 9.90 Å². The predicted octanol–water partition coefficient (Wildman–Crippen LogP) is 3.10. The molecule has 0 saturated heterocycles. The summed E-state index contributed by atoms with van der Waals surface area (Å²) < 4.78 is 0. The highest BCUT2D eigenvalue weighted by molar-refractivity contribution is 5.74. The molecule has 0 bridgehead atoms. The highest BCUT2D eigenvalue weighted by Gasteiger charge is 2.24. The second-order valence-corrected chi connectivity index (χ2v) is 6.19. The Labute approximate surface area is 143 Å². The molecule has 1 aromatic heterocycles. The van der Waals surface area contributed by atoms with Crippen molar-refractivity contribution in [3.63, 3.8) is 0 Å². The first-order valence-corrected chi connectivity index (χ1v) is 8.23. The van der Waals surface area contributed by atoms with E-state index in [4.69, 9.17) is 0 Å². The van der Waals surface area contributed by atoms with Crippen LogP contribution in [-0.2, 0) is 6.54 Å². The average Bonchev–Trinajstić information content (AvgIpc) is 2.61. The minimum absolute atomic E-state index is 0.0799. The van der Waals surface area contributed by atoms with Gasteiger partial charge in [-0.2, -0.15) is 0 Å². The van der Waals surface area contributed by atoms with Crippen molar-refractivity contribution in [3.8, 4) is 11.3 Å². The fraction of sp³-hybridized carbons (Fsp3) is 0.368. The van der Waals surface area contributed by atoms with Gasteiger partial charge in [0.2, 0.25) is 0 Å². The van der Waals surface area contributed by atoms with Crippen molar-refractivity contribution in [2.24, 2.45) is 0 Å². The van der Waals surface area contributed by atoms with E-state index < -0.39 is 5.54 Å². The molecule has 1 aromatic carbocycles. The Morgan fingerprint density at radius 3 is 2.75 bits per heavy atom. The van der Waals surface area contributed by atoms with Crippen molar-refractivity contribution in [1.82, 2.24) is 15.6 Å². The Morgan fingerprint density at radius 2 is 2.08 bits per heavy atom. The van der Waals surface area contributed by atoms with Gasteiger partial charge >= 0.3 is 6.03 Å². The third kappa shape index (κ3) is 5.06. The van der Waals surface area contributed by atoms with Crippen LogP contribution in [0.5, 0.6) is 0 Å². The molecule has 1 heterocycles. The molecule has 1 unspecified atom stereocenters. The van der Waals surface area contributed by atoms with Gasteiger partial charge in [-0.05, 0) is 37.1 Å². The fourth-order valence-corrected chi connectivity index (χ4v) is 2.61. The van der Waals surface area contributed by atoms with Crippen LogP contribution in [0, 0.1) is 0 Å². The van der Waals surface area contributed by atoms with E-state index in [9.17, 15) is 9.90 Å². The van der Waals surface area contributed by atoms with Crippen molar-refractivity contribution in [2.45, 2.75) is 38.8 Å². The van der Waals surface area contributed by atoms with Crippen molar-refractivity contribution >= 4 is 6.03 Å². The molecule has 2 rings (SSSR count). The number of rotatable bonds is 7. The molecule has 0 radical (unpaired) electrons. The normalized spacial score (nSPS) is 13.1. The maximum absolute atomic E-state index is 12.1. The minimum Gasteiger partial charge on any atom is -0.394 e. The van der Waals surface area contributed by atoms with E-state index in [1.807, 2.05) is 56.3 Å². The zero-order valence-electron chi connectivity index (χ0n) is 14.2. The lowest BCUT2D eigenvalue weighted by Gasteiger charge is -2.28. The van der Waals surface area contributed by atoms with Crippen LogP contribution < -0.4 is 10.6 Å². The third-order valence-corrected chi connectivity index (χ3v) is 3.91. The number of hydrogen-bond donors (Lipinski definition) is 3. The molecule has 24 heavy (non-hydrogen) atoms. The molecule has 3 N–H and O–H groups in total. The molecular weight excluding hydrogens is 302 g/mol. The first kappa shape index (κ1) is 17.9. The number of aliphatic hydroxyl groups excluding tert-OH is 1. The molecule has 0 fully saturated rings. The molecule has 0 aliphatic carbocycles. The quantitative estimate of drug-likeness (QED) is 0.731. The smallest absolute Gasteiger partial charge is 0.315 e. The van der Waals surface area contributed by atoms with E-state index in [2.05, 4.69) is 15.6 Å². The first-order chi connectivity index (χ1) is 11.6. The van der Waals surface area contributed by atoms with Gasteiger partial charge in [-0.15, -0.1) is 0 Å². The lowest BCUT2D eigenvalue weighted by molar-refractivity contribution is 0.163. The summed E-state index contributed by atoms with van der Waals surface area (Å²) >= 11 is 0. The van der Waals surface area contributed by atoms with E-state index in [1.54, 1.807) is 6.20 Å². The number of amides is 2. The Bertz CT molecular complexity index is 661. The van der Waals surface area contributed by atoms with Crippen LogP contribution >= 0.6 is 0 Å². The number of pyridine rings is 1. The molecule has 2 aromatic rings. The van der Waals surface area contributed by atoms with Crippen LogP contribution in [-0.4, -0.2) is 28.3 Å². The molecule has 0 saturated carbocycles. The van der Waals surface area contributed by atoms with Crippen molar-refractivity contribution in [1.29, 1.82) is 0 Å². The van der Waals surface area contributed by atoms with Crippen LogP contribution in [0.1, 0.15) is 32.3 Å². The number of urea groups is 1. The summed E-state index contributed by atoms with van der Waals surface area (Å²) in [6, 6.07) is 13.4. The summed E-state index contributed by atoms with van der Waals surface area (Å²) in [5, 5.41) is 15.2. The number of benzene rings is 1. The molecule has 5 heteroatoms. The van der Waals surface area contributed by atoms with Crippen LogP contribution in [0.15, 0.2) is 48.7 Å². The summed E-state index contributed by atoms with van der Waals surface area (Å²) in [6.45, 7) is 4.21. The van der Waals surface area contributed by atoms with Gasteiger partial charge in [-0.3, -0.25) is 4.98 Å². The number of hydrogen-bond acceptors (Lipinski definition) is 3. The number of nitrogens with zero attached hydrogens (tertiary/aromatic N) is 1. The summed E-state index contributed by atoms with van der Waals surface area (Å²) in [7, 11) is 0. The summed E-state index contributed by atoms with van der Waals surface area (Å²) in [5.41, 5.74) is 2.32. The standard InChI is InChI=1S/C19H25N3O2/c1-3-10-19(2,14-23)22-18(24)21-13-15-7-6-8-16(12-15)17-9-4-5-11-20-17/h4-9,11-12,23H,3,10,13-14H2,1-2H3,(H2,21,22,24). The SMILES string of the molecule is CCCC(C)(CO)NC(=O)NCc1cccc(-c2ccccn2)c1. The van der Waals surface area contributed by atoms with Crippen molar-refractivity contribution in [3.05, 3.63) is 54.2 Å². The molecule has 0 spiro atoms. The van der Waals surface area contributed by atoms with Crippen LogP contribution in [0.2, 0.25) is 0 Å². The predicted molar refractivity (Wildman–Crippen MR) is 95.4 cm³/mol. The van der Waals surface area contributed by atoms with Gasteiger partial charge in [-0.1, -0.05) is 37.6 Å². The zero-order valence-corrected chi connectivity index (χ0v) is 14.2. The molecule has 5 nitrogen and oxygen atoms in total. The lowest BCUT2D eigenvalue weighted by atomic mass is 9.98. The van der Waals surface area contributed by atoms with Gasteiger partial charge in [0.1, 0.15) is 0 Å². The number of nitrogens with one attached hydrogen (secondary N) is 2. The maximum atomic E-state index is 12.1. The summed E-state index contributed by atoms with van der Waals surface area (Å²) in [4.78, 5) is 16.4. The highest BCUT2D eigenvalue weighted by Crippen LogP contribution is 2.17. The molecule has 0 aliphatic rings. The topological polar surface area (TPSA) is 74.2 Å². The van der Waals surface area contributed by atoms with E-state index in [0.717, 1.165) is 29.7 Å². The minimum atomic E-state index is -0.589. The number of carbonyl (C=O) groups excluding carboxylic acids is 1. The van der Waals surface area contributed by atoms with E-state index >= 15 is 0 Å². The van der Waals surface area contributed by atoms with Gasteiger partial charge in [0.05, 0.1) is 17.8 Å². The molecular formula is C19H25N3O2. The second kappa shape index (κ2) is 8.45. The van der Waals surface area contributed by atoms with E-state index in [1.165, 1.54) is 0 Å². The molecule has 128 valence electrons. The molecule has 2 amide bonds. The zero-order chi connectivity index (χ0) is 17.4. The second-order valence-electron chi connectivity index (χ2n) is 6.19. The van der Waals surface area contributed by atoms with Gasteiger partial charge in [0.15, 0.2) is 0 Å². The van der Waals surface area contributed by atoms with Crippen LogP contribution in [0.25, 0.3) is 11.3 Å². The van der Waals surface area contributed by atoms with Gasteiger partial charge in [-0.25, -0.2) is 4.79 Å². The average molecular weight is 327 g/mol. The van der Waals surface area contributed by atoms with Gasteiger partial charge in [0.25, 0.3) is 0 Å². The number of carbonyl (C=O) groups is 1. The van der Waals surface area contributed by atoms with Gasteiger partial charge in [0, 0.05) is 18.3 Å². The van der Waals surface area contributed by atoms with Crippen LogP contribution in [0.3, 0.4) is 0 Å². The summed E-state index contributed by atoms with van der Waals surface area (Å²) in [6.07, 6.45) is 3.38. The lowest BCUT2D eigenvalue weighted by Crippen LogP contribution is -2.52. The Hall–Kier alpha value is -2.40. The largest absolute Gasteiger partial charge is 0.394 e.